The molecule has 2 N–H and O–H groups in total. The third-order valence-electron chi connectivity index (χ3n) is 6.47. The Bertz CT molecular complexity index is 1770. The molecule has 0 saturated carbocycles. The van der Waals surface area contributed by atoms with Crippen LogP contribution in [0.5, 0.6) is 0 Å². The molecule has 0 aliphatic carbocycles. The first-order valence-corrected chi connectivity index (χ1v) is 13.9. The maximum atomic E-state index is 13.4. The highest BCUT2D eigenvalue weighted by Crippen LogP contribution is 2.42. The Kier molecular flexibility index (Phi) is 6.84. The molecule has 0 atom stereocenters. The number of primary sulfonamides is 1. The summed E-state index contributed by atoms with van der Waals surface area (Å²) in [6.45, 7) is 3.84. The van der Waals surface area contributed by atoms with E-state index in [1.807, 2.05) is 60.0 Å². The van der Waals surface area contributed by atoms with Gasteiger partial charge in [0.05, 0.1) is 22.8 Å². The van der Waals surface area contributed by atoms with Crippen LogP contribution in [0.3, 0.4) is 0 Å². The van der Waals surface area contributed by atoms with E-state index in [0.29, 0.717) is 27.5 Å². The number of halogens is 1. The van der Waals surface area contributed by atoms with Gasteiger partial charge in [-0.1, -0.05) is 60.1 Å². The number of fused-ring (bicyclic) bond motifs is 1. The van der Waals surface area contributed by atoms with Crippen LogP contribution in [-0.2, 0) is 14.8 Å². The predicted molar refractivity (Wildman–Crippen MR) is 151 cm³/mol. The van der Waals surface area contributed by atoms with Gasteiger partial charge in [0.2, 0.25) is 10.0 Å². The largest absolute Gasteiger partial charge is 0.462 e. The lowest BCUT2D eigenvalue weighted by molar-refractivity contribution is 0.0526. The van der Waals surface area contributed by atoms with Crippen molar-refractivity contribution in [3.8, 4) is 28.1 Å². The maximum absolute atomic E-state index is 13.4. The van der Waals surface area contributed by atoms with Crippen LogP contribution in [0.1, 0.15) is 23.0 Å². The molecule has 6 nitrogen and oxygen atoms in total. The monoisotopic (exact) mass is 544 g/mol. The minimum absolute atomic E-state index is 0.000490. The van der Waals surface area contributed by atoms with Crippen LogP contribution in [0.2, 0.25) is 5.02 Å². The van der Waals surface area contributed by atoms with Gasteiger partial charge in [-0.2, -0.15) is 0 Å². The fourth-order valence-electron chi connectivity index (χ4n) is 4.76. The van der Waals surface area contributed by atoms with E-state index in [1.54, 1.807) is 31.2 Å². The van der Waals surface area contributed by atoms with E-state index in [1.165, 1.54) is 12.1 Å². The van der Waals surface area contributed by atoms with Crippen molar-refractivity contribution in [2.24, 2.45) is 5.14 Å². The average molecular weight is 545 g/mol. The second-order valence-corrected chi connectivity index (χ2v) is 10.8. The summed E-state index contributed by atoms with van der Waals surface area (Å²) in [5.74, 6) is -0.441. The third kappa shape index (κ3) is 4.72. The number of aromatic nitrogens is 1. The molecule has 0 aliphatic heterocycles. The number of nitrogens with zero attached hydrogens (tertiary/aromatic N) is 1. The smallest absolute Gasteiger partial charge is 0.340 e. The van der Waals surface area contributed by atoms with E-state index in [4.69, 9.17) is 21.5 Å². The molecule has 1 heterocycles. The lowest BCUT2D eigenvalue weighted by Gasteiger charge is -2.15. The number of hydrogen-bond donors (Lipinski definition) is 1. The lowest BCUT2D eigenvalue weighted by atomic mass is 9.95. The zero-order valence-electron chi connectivity index (χ0n) is 20.8. The second kappa shape index (κ2) is 10.1. The summed E-state index contributed by atoms with van der Waals surface area (Å²) in [5.41, 5.74) is 4.89. The van der Waals surface area contributed by atoms with Gasteiger partial charge in [-0.3, -0.25) is 0 Å². The first-order valence-electron chi connectivity index (χ1n) is 12.0. The molecule has 5 aromatic rings. The van der Waals surface area contributed by atoms with Gasteiger partial charge >= 0.3 is 5.97 Å². The number of rotatable bonds is 6. The van der Waals surface area contributed by atoms with E-state index in [-0.39, 0.29) is 11.5 Å². The summed E-state index contributed by atoms with van der Waals surface area (Å²) in [7, 11) is -3.86. The van der Waals surface area contributed by atoms with Gasteiger partial charge in [0.1, 0.15) is 0 Å². The van der Waals surface area contributed by atoms with Gasteiger partial charge in [-0.15, -0.1) is 0 Å². The standard InChI is InChI=1S/C30H25ClN2O4S/c1-3-37-30(34)27-19(2)33(25-14-16-26(17-15-25)38(32,35)36)29(21-10-12-24(31)13-11-21)28(27)23-9-8-20-6-4-5-7-22(20)18-23/h4-18H,3H2,1-2H3,(H2,32,35,36). The molecule has 0 fully saturated rings. The van der Waals surface area contributed by atoms with E-state index < -0.39 is 16.0 Å². The van der Waals surface area contributed by atoms with Crippen molar-refractivity contribution in [1.29, 1.82) is 0 Å². The fourth-order valence-corrected chi connectivity index (χ4v) is 5.40. The van der Waals surface area contributed by atoms with Gasteiger partial charge in [-0.25, -0.2) is 18.4 Å². The molecule has 1 aromatic heterocycles. The molecule has 0 amide bonds. The summed E-state index contributed by atoms with van der Waals surface area (Å²) in [6.07, 6.45) is 0. The van der Waals surface area contributed by atoms with Gasteiger partial charge in [0, 0.05) is 22.0 Å². The lowest BCUT2D eigenvalue weighted by Crippen LogP contribution is -2.12. The van der Waals surface area contributed by atoms with Gasteiger partial charge < -0.3 is 9.30 Å². The molecule has 0 aliphatic rings. The van der Waals surface area contributed by atoms with Crippen molar-refractivity contribution >= 4 is 38.4 Å². The molecule has 38 heavy (non-hydrogen) atoms. The Balaban J connectivity index is 1.88. The van der Waals surface area contributed by atoms with Crippen LogP contribution in [0, 0.1) is 6.92 Å². The molecule has 0 unspecified atom stereocenters. The molecule has 8 heteroatoms. The number of sulfonamides is 1. The second-order valence-electron chi connectivity index (χ2n) is 8.85. The average Bonchev–Trinajstić information content (AvgIpc) is 3.21. The summed E-state index contributed by atoms with van der Waals surface area (Å²) in [4.78, 5) is 13.4. The van der Waals surface area contributed by atoms with Crippen LogP contribution in [-0.4, -0.2) is 25.6 Å². The van der Waals surface area contributed by atoms with Crippen molar-refractivity contribution in [3.63, 3.8) is 0 Å². The summed E-state index contributed by atoms with van der Waals surface area (Å²) >= 11 is 6.22. The van der Waals surface area contributed by atoms with E-state index >= 15 is 0 Å². The Hall–Kier alpha value is -3.91. The Morgan fingerprint density at radius 1 is 0.895 bits per heavy atom. The van der Waals surface area contributed by atoms with E-state index in [2.05, 4.69) is 6.07 Å². The van der Waals surface area contributed by atoms with Crippen molar-refractivity contribution < 1.29 is 17.9 Å². The van der Waals surface area contributed by atoms with Crippen LogP contribution >= 0.6 is 11.6 Å². The van der Waals surface area contributed by atoms with Crippen molar-refractivity contribution in [2.45, 2.75) is 18.7 Å². The first kappa shape index (κ1) is 25.7. The van der Waals surface area contributed by atoms with Gasteiger partial charge in [0.15, 0.2) is 0 Å². The van der Waals surface area contributed by atoms with Crippen molar-refractivity contribution in [1.82, 2.24) is 4.57 Å². The highest BCUT2D eigenvalue weighted by molar-refractivity contribution is 7.89. The molecular formula is C30H25ClN2O4S. The summed E-state index contributed by atoms with van der Waals surface area (Å²) in [6, 6.07) is 27.7. The molecule has 0 bridgehead atoms. The van der Waals surface area contributed by atoms with Crippen molar-refractivity contribution in [3.05, 3.63) is 107 Å². The van der Waals surface area contributed by atoms with Crippen molar-refractivity contribution in [2.75, 3.05) is 6.61 Å². The number of benzene rings is 4. The number of nitrogens with two attached hydrogens (primary N) is 1. The maximum Gasteiger partial charge on any atom is 0.340 e. The first-order chi connectivity index (χ1) is 18.2. The van der Waals surface area contributed by atoms with Crippen LogP contribution in [0.25, 0.3) is 38.8 Å². The van der Waals surface area contributed by atoms with Gasteiger partial charge in [0.25, 0.3) is 0 Å². The quantitative estimate of drug-likeness (QED) is 0.239. The molecule has 0 saturated heterocycles. The normalized spacial score (nSPS) is 11.6. The molecule has 5 rings (SSSR count). The van der Waals surface area contributed by atoms with Gasteiger partial charge in [-0.05, 0) is 78.2 Å². The highest BCUT2D eigenvalue weighted by atomic mass is 35.5. The van der Waals surface area contributed by atoms with Crippen LogP contribution in [0.4, 0.5) is 0 Å². The zero-order valence-corrected chi connectivity index (χ0v) is 22.4. The fraction of sp³-hybridized carbons (Fsp3) is 0.100. The molecule has 0 radical (unpaired) electrons. The SMILES string of the molecule is CCOC(=O)c1c(-c2ccc3ccccc3c2)c(-c2ccc(Cl)cc2)n(-c2ccc(S(N)(=O)=O)cc2)c1C. The number of ether oxygens (including phenoxy) is 1. The van der Waals surface area contributed by atoms with Crippen LogP contribution < -0.4 is 5.14 Å². The van der Waals surface area contributed by atoms with Crippen LogP contribution in [0.15, 0.2) is 95.9 Å². The number of carbonyl (C=O) groups is 1. The number of carbonyl (C=O) groups excluding carboxylic acids is 1. The highest BCUT2D eigenvalue weighted by Gasteiger charge is 2.29. The third-order valence-corrected chi connectivity index (χ3v) is 7.65. The molecule has 192 valence electrons. The van der Waals surface area contributed by atoms with E-state index in [0.717, 1.165) is 27.6 Å². The Labute approximate surface area is 226 Å². The minimum atomic E-state index is -3.86. The minimum Gasteiger partial charge on any atom is -0.462 e. The number of esters is 1. The summed E-state index contributed by atoms with van der Waals surface area (Å²) < 4.78 is 31.2. The van der Waals surface area contributed by atoms with E-state index in [9.17, 15) is 13.2 Å². The Morgan fingerprint density at radius 3 is 2.16 bits per heavy atom. The summed E-state index contributed by atoms with van der Waals surface area (Å²) in [5, 5.41) is 8.02. The molecule has 0 spiro atoms. The Morgan fingerprint density at radius 2 is 1.53 bits per heavy atom. The molecular weight excluding hydrogens is 520 g/mol. The molecule has 4 aromatic carbocycles. The zero-order chi connectivity index (χ0) is 27.0. The number of hydrogen-bond acceptors (Lipinski definition) is 4. The topological polar surface area (TPSA) is 91.4 Å². The predicted octanol–water partition coefficient (Wildman–Crippen LogP) is 6.75.